The van der Waals surface area contributed by atoms with Gasteiger partial charge in [-0.15, -0.1) is 0 Å². The first-order valence-electron chi connectivity index (χ1n) is 6.43. The van der Waals surface area contributed by atoms with Crippen molar-refractivity contribution in [2.24, 2.45) is 0 Å². The Morgan fingerprint density at radius 2 is 1.33 bits per heavy atom. The molecule has 0 bridgehead atoms. The smallest absolute Gasteiger partial charge is 0.466 e. The van der Waals surface area contributed by atoms with Crippen molar-refractivity contribution in [2.45, 2.75) is 59.9 Å². The topological polar surface area (TPSA) is 40.8 Å². The predicted molar refractivity (Wildman–Crippen MR) is 72.8 cm³/mol. The minimum atomic E-state index is -2.98. The van der Waals surface area contributed by atoms with E-state index in [-0.39, 0.29) is 18.3 Å². The lowest BCUT2D eigenvalue weighted by atomic mass is 10.5. The molecule has 0 saturated carbocycles. The van der Waals surface area contributed by atoms with Crippen LogP contribution in [0, 0.1) is 0 Å². The molecule has 4 nitrogen and oxygen atoms in total. The summed E-state index contributed by atoms with van der Waals surface area (Å²) >= 11 is 0. The van der Waals surface area contributed by atoms with Gasteiger partial charge < -0.3 is 17.7 Å². The summed E-state index contributed by atoms with van der Waals surface area (Å²) < 4.78 is 23.5. The van der Waals surface area contributed by atoms with Crippen LogP contribution in [-0.2, 0) is 13.3 Å². The lowest BCUT2D eigenvalue weighted by molar-refractivity contribution is 0.0119. The van der Waals surface area contributed by atoms with E-state index in [0.717, 1.165) is 0 Å². The van der Waals surface area contributed by atoms with E-state index in [1.807, 2.05) is 53.7 Å². The van der Waals surface area contributed by atoms with Gasteiger partial charge in [-0.1, -0.05) is 0 Å². The standard InChI is InChI=1S/C13H24O4Si/c1-10(2)15-18(16-11(3)4,17-12(5)6)13-8-7-9-14-13/h7-12H,1-6H3. The Balaban J connectivity index is 3.07. The van der Waals surface area contributed by atoms with Crippen LogP contribution < -0.4 is 5.38 Å². The normalized spacial score (nSPS) is 12.9. The maximum Gasteiger partial charge on any atom is 0.575 e. The lowest BCUT2D eigenvalue weighted by Gasteiger charge is -2.32. The highest BCUT2D eigenvalue weighted by Crippen LogP contribution is 2.18. The van der Waals surface area contributed by atoms with Gasteiger partial charge in [-0.3, -0.25) is 0 Å². The van der Waals surface area contributed by atoms with Crippen LogP contribution in [0.1, 0.15) is 41.5 Å². The number of hydrogen-bond acceptors (Lipinski definition) is 4. The molecule has 104 valence electrons. The molecule has 0 aromatic carbocycles. The Morgan fingerprint density at radius 1 is 0.889 bits per heavy atom. The van der Waals surface area contributed by atoms with Crippen LogP contribution in [0.3, 0.4) is 0 Å². The summed E-state index contributed by atoms with van der Waals surface area (Å²) in [6.07, 6.45) is 1.66. The van der Waals surface area contributed by atoms with Crippen LogP contribution in [-0.4, -0.2) is 27.1 Å². The van der Waals surface area contributed by atoms with Crippen LogP contribution in [0.15, 0.2) is 22.8 Å². The van der Waals surface area contributed by atoms with Gasteiger partial charge in [0.1, 0.15) is 0 Å². The van der Waals surface area contributed by atoms with Gasteiger partial charge in [0.2, 0.25) is 0 Å². The minimum Gasteiger partial charge on any atom is -0.466 e. The first-order chi connectivity index (χ1) is 8.35. The molecule has 0 aliphatic rings. The quantitative estimate of drug-likeness (QED) is 0.716. The highest BCUT2D eigenvalue weighted by molar-refractivity contribution is 6.74. The van der Waals surface area contributed by atoms with E-state index in [1.54, 1.807) is 6.26 Å². The van der Waals surface area contributed by atoms with E-state index >= 15 is 0 Å². The Bertz CT molecular complexity index is 306. The average molecular weight is 272 g/mol. The molecule has 0 fully saturated rings. The third-order valence-electron chi connectivity index (χ3n) is 2.00. The maximum absolute atomic E-state index is 6.00. The van der Waals surface area contributed by atoms with Crippen molar-refractivity contribution in [1.29, 1.82) is 0 Å². The van der Waals surface area contributed by atoms with Crippen LogP contribution >= 0.6 is 0 Å². The van der Waals surface area contributed by atoms with Crippen molar-refractivity contribution in [3.8, 4) is 0 Å². The molecule has 1 aromatic rings. The highest BCUT2D eigenvalue weighted by atomic mass is 28.4. The summed E-state index contributed by atoms with van der Waals surface area (Å²) in [4.78, 5) is 0. The van der Waals surface area contributed by atoms with Crippen LogP contribution in [0.25, 0.3) is 0 Å². The van der Waals surface area contributed by atoms with Crippen LogP contribution in [0.2, 0.25) is 0 Å². The monoisotopic (exact) mass is 272 g/mol. The first kappa shape index (κ1) is 15.4. The zero-order chi connectivity index (χ0) is 13.8. The summed E-state index contributed by atoms with van der Waals surface area (Å²) in [7, 11) is -2.98. The van der Waals surface area contributed by atoms with Gasteiger partial charge in [0.15, 0.2) is 5.38 Å². The summed E-state index contributed by atoms with van der Waals surface area (Å²) in [6.45, 7) is 11.8. The van der Waals surface area contributed by atoms with E-state index < -0.39 is 8.80 Å². The Hall–Kier alpha value is -0.623. The SMILES string of the molecule is CC(C)O[Si](OC(C)C)(OC(C)C)c1ccco1. The maximum atomic E-state index is 6.00. The molecule has 0 unspecified atom stereocenters. The molecular formula is C13H24O4Si. The highest BCUT2D eigenvalue weighted by Gasteiger charge is 2.49. The van der Waals surface area contributed by atoms with Crippen molar-refractivity contribution >= 4 is 14.2 Å². The fourth-order valence-electron chi connectivity index (χ4n) is 1.64. The third-order valence-corrected chi connectivity index (χ3v) is 5.23. The van der Waals surface area contributed by atoms with E-state index in [4.69, 9.17) is 17.7 Å². The van der Waals surface area contributed by atoms with Gasteiger partial charge in [0.25, 0.3) is 0 Å². The van der Waals surface area contributed by atoms with E-state index in [9.17, 15) is 0 Å². The lowest BCUT2D eigenvalue weighted by Crippen LogP contribution is -2.59. The van der Waals surface area contributed by atoms with Crippen molar-refractivity contribution in [1.82, 2.24) is 0 Å². The molecule has 0 saturated heterocycles. The molecule has 1 aromatic heterocycles. The van der Waals surface area contributed by atoms with E-state index in [2.05, 4.69) is 0 Å². The summed E-state index contributed by atoms with van der Waals surface area (Å²) in [6, 6.07) is 3.69. The molecule has 1 heterocycles. The molecule has 0 atom stereocenters. The predicted octanol–water partition coefficient (Wildman–Crippen LogP) is 2.70. The molecule has 1 rings (SSSR count). The molecule has 5 heteroatoms. The molecule has 0 aliphatic carbocycles. The molecule has 0 amide bonds. The zero-order valence-electron chi connectivity index (χ0n) is 12.1. The Kier molecular flexibility index (Phi) is 5.59. The second-order valence-corrected chi connectivity index (χ2v) is 7.35. The van der Waals surface area contributed by atoms with Gasteiger partial charge in [-0.25, -0.2) is 0 Å². The van der Waals surface area contributed by atoms with E-state index in [1.165, 1.54) is 0 Å². The first-order valence-corrected chi connectivity index (χ1v) is 8.15. The summed E-state index contributed by atoms with van der Waals surface area (Å²) in [5.74, 6) is 0. The van der Waals surface area contributed by atoms with Crippen molar-refractivity contribution < 1.29 is 17.7 Å². The zero-order valence-corrected chi connectivity index (χ0v) is 13.1. The molecule has 0 aliphatic heterocycles. The number of furan rings is 1. The van der Waals surface area contributed by atoms with Crippen molar-refractivity contribution in [3.05, 3.63) is 18.4 Å². The van der Waals surface area contributed by atoms with Crippen molar-refractivity contribution in [2.75, 3.05) is 0 Å². The average Bonchev–Trinajstić information content (AvgIpc) is 2.65. The Labute approximate surface area is 111 Å². The van der Waals surface area contributed by atoms with E-state index in [0.29, 0.717) is 5.38 Å². The van der Waals surface area contributed by atoms with Gasteiger partial charge in [-0.2, -0.15) is 0 Å². The molecule has 0 N–H and O–H groups in total. The Morgan fingerprint density at radius 3 is 1.61 bits per heavy atom. The van der Waals surface area contributed by atoms with Crippen LogP contribution in [0.4, 0.5) is 0 Å². The number of rotatable bonds is 7. The molecular weight excluding hydrogens is 248 g/mol. The van der Waals surface area contributed by atoms with Gasteiger partial charge in [0, 0.05) is 18.3 Å². The third kappa shape index (κ3) is 4.24. The molecule has 0 spiro atoms. The second kappa shape index (κ2) is 6.52. The van der Waals surface area contributed by atoms with Crippen LogP contribution in [0.5, 0.6) is 0 Å². The molecule has 0 radical (unpaired) electrons. The van der Waals surface area contributed by atoms with Gasteiger partial charge in [-0.05, 0) is 53.7 Å². The van der Waals surface area contributed by atoms with Gasteiger partial charge in [0.05, 0.1) is 6.26 Å². The minimum absolute atomic E-state index is 0.0132. The van der Waals surface area contributed by atoms with Crippen molar-refractivity contribution in [3.63, 3.8) is 0 Å². The number of hydrogen-bond donors (Lipinski definition) is 0. The molecule has 18 heavy (non-hydrogen) atoms. The fourth-order valence-corrected chi connectivity index (χ4v) is 4.53. The summed E-state index contributed by atoms with van der Waals surface area (Å²) in [5, 5.41) is 0.665. The fraction of sp³-hybridized carbons (Fsp3) is 0.692. The largest absolute Gasteiger partial charge is 0.575 e. The van der Waals surface area contributed by atoms with Gasteiger partial charge >= 0.3 is 8.80 Å². The summed E-state index contributed by atoms with van der Waals surface area (Å²) in [5.41, 5.74) is 0. The second-order valence-electron chi connectivity index (χ2n) is 5.03.